The standard InChI is InChI=1S/C24H36N4O4/c1-17-7-5-9-20(15-17)25-22(30)28-12-6-8-18(16-28)21(29)27-13-10-19(11-14-27)26-23(31)32-24(2,3)4/h5,7,9,15,18-19H,6,8,10-14,16H2,1-4H3,(H,25,30)(H,26,31). The first-order valence-corrected chi connectivity index (χ1v) is 11.5. The van der Waals surface area contributed by atoms with Crippen molar-refractivity contribution < 1.29 is 19.1 Å². The van der Waals surface area contributed by atoms with Gasteiger partial charge in [0.15, 0.2) is 0 Å². The van der Waals surface area contributed by atoms with Gasteiger partial charge >= 0.3 is 12.1 Å². The van der Waals surface area contributed by atoms with Gasteiger partial charge in [-0.15, -0.1) is 0 Å². The van der Waals surface area contributed by atoms with Gasteiger partial charge in [-0.25, -0.2) is 9.59 Å². The normalized spacial score (nSPS) is 19.9. The smallest absolute Gasteiger partial charge is 0.407 e. The minimum Gasteiger partial charge on any atom is -0.444 e. The number of anilines is 1. The molecule has 3 rings (SSSR count). The Hall–Kier alpha value is -2.77. The van der Waals surface area contributed by atoms with Crippen molar-refractivity contribution in [2.75, 3.05) is 31.5 Å². The van der Waals surface area contributed by atoms with Crippen LogP contribution in [-0.2, 0) is 9.53 Å². The van der Waals surface area contributed by atoms with Crippen LogP contribution in [0.2, 0.25) is 0 Å². The number of aryl methyl sites for hydroxylation is 1. The Bertz CT molecular complexity index is 828. The van der Waals surface area contributed by atoms with Crippen LogP contribution in [0.3, 0.4) is 0 Å². The number of rotatable bonds is 3. The summed E-state index contributed by atoms with van der Waals surface area (Å²) in [6, 6.07) is 7.55. The number of ether oxygens (including phenoxy) is 1. The molecule has 0 radical (unpaired) electrons. The van der Waals surface area contributed by atoms with Crippen LogP contribution in [-0.4, -0.2) is 65.7 Å². The Morgan fingerprint density at radius 3 is 2.41 bits per heavy atom. The molecule has 2 saturated heterocycles. The molecule has 2 heterocycles. The number of hydrogen-bond donors (Lipinski definition) is 2. The van der Waals surface area contributed by atoms with Gasteiger partial charge < -0.3 is 25.2 Å². The molecule has 2 aliphatic heterocycles. The molecule has 1 unspecified atom stereocenters. The first-order valence-electron chi connectivity index (χ1n) is 11.5. The molecule has 0 bridgehead atoms. The van der Waals surface area contributed by atoms with Crippen molar-refractivity contribution in [1.82, 2.24) is 15.1 Å². The Labute approximate surface area is 190 Å². The number of carbonyl (C=O) groups excluding carboxylic acids is 3. The minimum atomic E-state index is -0.529. The molecule has 0 spiro atoms. The monoisotopic (exact) mass is 444 g/mol. The number of urea groups is 1. The lowest BCUT2D eigenvalue weighted by atomic mass is 9.95. The zero-order valence-corrected chi connectivity index (χ0v) is 19.6. The summed E-state index contributed by atoms with van der Waals surface area (Å²) in [5, 5.41) is 5.84. The third kappa shape index (κ3) is 6.87. The summed E-state index contributed by atoms with van der Waals surface area (Å²) in [6.45, 7) is 9.79. The van der Waals surface area contributed by atoms with Crippen LogP contribution >= 0.6 is 0 Å². The van der Waals surface area contributed by atoms with Crippen molar-refractivity contribution in [3.63, 3.8) is 0 Å². The van der Waals surface area contributed by atoms with Gasteiger partial charge in [-0.3, -0.25) is 4.79 Å². The topological polar surface area (TPSA) is 91.0 Å². The average molecular weight is 445 g/mol. The zero-order valence-electron chi connectivity index (χ0n) is 19.6. The summed E-state index contributed by atoms with van der Waals surface area (Å²) in [5.41, 5.74) is 1.32. The molecular weight excluding hydrogens is 408 g/mol. The molecule has 2 N–H and O–H groups in total. The second-order valence-corrected chi connectivity index (χ2v) is 9.83. The van der Waals surface area contributed by atoms with E-state index in [1.54, 1.807) is 4.90 Å². The fraction of sp³-hybridized carbons (Fsp3) is 0.625. The molecule has 1 atom stereocenters. The van der Waals surface area contributed by atoms with E-state index in [9.17, 15) is 14.4 Å². The van der Waals surface area contributed by atoms with Crippen LogP contribution in [0.25, 0.3) is 0 Å². The lowest BCUT2D eigenvalue weighted by Gasteiger charge is -2.38. The summed E-state index contributed by atoms with van der Waals surface area (Å²) >= 11 is 0. The van der Waals surface area contributed by atoms with Crippen molar-refractivity contribution in [3.05, 3.63) is 29.8 Å². The average Bonchev–Trinajstić information content (AvgIpc) is 2.72. The third-order valence-electron chi connectivity index (χ3n) is 5.85. The van der Waals surface area contributed by atoms with E-state index in [1.165, 1.54) is 0 Å². The van der Waals surface area contributed by atoms with Crippen LogP contribution in [0.4, 0.5) is 15.3 Å². The van der Waals surface area contributed by atoms with E-state index < -0.39 is 11.7 Å². The first-order chi connectivity index (χ1) is 15.1. The summed E-state index contributed by atoms with van der Waals surface area (Å²) in [6.07, 6.45) is 2.60. The summed E-state index contributed by atoms with van der Waals surface area (Å²) in [4.78, 5) is 41.4. The number of nitrogens with one attached hydrogen (secondary N) is 2. The molecule has 0 aromatic heterocycles. The number of piperidine rings is 2. The Morgan fingerprint density at radius 2 is 1.75 bits per heavy atom. The fourth-order valence-corrected chi connectivity index (χ4v) is 4.27. The number of alkyl carbamates (subject to hydrolysis) is 1. The predicted molar refractivity (Wildman–Crippen MR) is 123 cm³/mol. The van der Waals surface area contributed by atoms with Gasteiger partial charge in [-0.2, -0.15) is 0 Å². The molecule has 176 valence electrons. The SMILES string of the molecule is Cc1cccc(NC(=O)N2CCCC(C(=O)N3CCC(NC(=O)OC(C)(C)C)CC3)C2)c1. The maximum Gasteiger partial charge on any atom is 0.407 e. The van der Waals surface area contributed by atoms with Crippen molar-refractivity contribution in [2.45, 2.75) is 65.0 Å². The van der Waals surface area contributed by atoms with Crippen molar-refractivity contribution in [3.8, 4) is 0 Å². The second-order valence-electron chi connectivity index (χ2n) is 9.83. The fourth-order valence-electron chi connectivity index (χ4n) is 4.27. The van der Waals surface area contributed by atoms with E-state index in [2.05, 4.69) is 10.6 Å². The molecule has 1 aromatic carbocycles. The quantitative estimate of drug-likeness (QED) is 0.743. The first kappa shape index (κ1) is 23.9. The number of carbonyl (C=O) groups is 3. The van der Waals surface area contributed by atoms with Gasteiger partial charge in [0.05, 0.1) is 5.92 Å². The predicted octanol–water partition coefficient (Wildman–Crippen LogP) is 3.75. The number of nitrogens with zero attached hydrogens (tertiary/aromatic N) is 2. The van der Waals surface area contributed by atoms with Crippen LogP contribution < -0.4 is 10.6 Å². The summed E-state index contributed by atoms with van der Waals surface area (Å²) in [7, 11) is 0. The number of hydrogen-bond acceptors (Lipinski definition) is 4. The Morgan fingerprint density at radius 1 is 1.03 bits per heavy atom. The van der Waals surface area contributed by atoms with Crippen LogP contribution in [0, 0.1) is 12.8 Å². The molecule has 8 heteroatoms. The van der Waals surface area contributed by atoms with Crippen molar-refractivity contribution >= 4 is 23.7 Å². The van der Waals surface area contributed by atoms with E-state index in [1.807, 2.05) is 56.9 Å². The van der Waals surface area contributed by atoms with Gasteiger partial charge in [0.2, 0.25) is 5.91 Å². The highest BCUT2D eigenvalue weighted by molar-refractivity contribution is 5.90. The largest absolute Gasteiger partial charge is 0.444 e. The molecule has 1 aromatic rings. The molecule has 2 aliphatic rings. The number of amides is 4. The van der Waals surface area contributed by atoms with Gasteiger partial charge in [-0.1, -0.05) is 12.1 Å². The Kier molecular flexibility index (Phi) is 7.64. The molecule has 4 amide bonds. The maximum absolute atomic E-state index is 13.1. The van der Waals surface area contributed by atoms with Crippen molar-refractivity contribution in [2.24, 2.45) is 5.92 Å². The highest BCUT2D eigenvalue weighted by Gasteiger charge is 2.33. The van der Waals surface area contributed by atoms with Gasteiger partial charge in [0.25, 0.3) is 0 Å². The summed E-state index contributed by atoms with van der Waals surface area (Å²) in [5.74, 6) is -0.0730. The summed E-state index contributed by atoms with van der Waals surface area (Å²) < 4.78 is 5.32. The van der Waals surface area contributed by atoms with Crippen molar-refractivity contribution in [1.29, 1.82) is 0 Å². The zero-order chi connectivity index (χ0) is 23.3. The third-order valence-corrected chi connectivity index (χ3v) is 5.85. The molecular formula is C24H36N4O4. The molecule has 8 nitrogen and oxygen atoms in total. The number of likely N-dealkylation sites (tertiary alicyclic amines) is 2. The van der Waals surface area contributed by atoms with Gasteiger partial charge in [-0.05, 0) is 71.1 Å². The highest BCUT2D eigenvalue weighted by atomic mass is 16.6. The van der Waals surface area contributed by atoms with Crippen LogP contribution in [0.5, 0.6) is 0 Å². The lowest BCUT2D eigenvalue weighted by molar-refractivity contribution is -0.138. The molecule has 32 heavy (non-hydrogen) atoms. The second kappa shape index (κ2) is 10.2. The number of benzene rings is 1. The minimum absolute atomic E-state index is 0.0110. The van der Waals surface area contributed by atoms with E-state index >= 15 is 0 Å². The maximum atomic E-state index is 13.1. The van der Waals surface area contributed by atoms with E-state index in [-0.39, 0.29) is 23.9 Å². The van der Waals surface area contributed by atoms with Crippen LogP contribution in [0.1, 0.15) is 52.0 Å². The van der Waals surface area contributed by atoms with Gasteiger partial charge in [0.1, 0.15) is 5.60 Å². The van der Waals surface area contributed by atoms with E-state index in [0.717, 1.165) is 24.1 Å². The van der Waals surface area contributed by atoms with Crippen LogP contribution in [0.15, 0.2) is 24.3 Å². The van der Waals surface area contributed by atoms with E-state index in [0.29, 0.717) is 39.0 Å². The molecule has 0 saturated carbocycles. The lowest BCUT2D eigenvalue weighted by Crippen LogP contribution is -2.52. The van der Waals surface area contributed by atoms with Gasteiger partial charge in [0, 0.05) is 37.9 Å². The Balaban J connectivity index is 1.47. The van der Waals surface area contributed by atoms with E-state index in [4.69, 9.17) is 4.74 Å². The molecule has 0 aliphatic carbocycles. The molecule has 2 fully saturated rings. The highest BCUT2D eigenvalue weighted by Crippen LogP contribution is 2.22.